The van der Waals surface area contributed by atoms with Crippen molar-refractivity contribution in [3.8, 4) is 0 Å². The van der Waals surface area contributed by atoms with Crippen molar-refractivity contribution in [3.05, 3.63) is 36.0 Å². The summed E-state index contributed by atoms with van der Waals surface area (Å²) in [5.41, 5.74) is 0.975. The smallest absolute Gasteiger partial charge is 0.137 e. The highest BCUT2D eigenvalue weighted by Gasteiger charge is 2.30. The van der Waals surface area contributed by atoms with Crippen LogP contribution < -0.4 is 4.90 Å². The Morgan fingerprint density at radius 3 is 2.80 bits per heavy atom. The second-order valence-electron chi connectivity index (χ2n) is 5.57. The molecule has 0 spiro atoms. The molecule has 2 nitrogen and oxygen atoms in total. The van der Waals surface area contributed by atoms with Gasteiger partial charge < -0.3 is 4.90 Å². The fourth-order valence-electron chi connectivity index (χ4n) is 2.70. The predicted octanol–water partition coefficient (Wildman–Crippen LogP) is 4.74. The molecule has 0 unspecified atom stereocenters. The predicted molar refractivity (Wildman–Crippen MR) is 86.6 cm³/mol. The van der Waals surface area contributed by atoms with E-state index < -0.39 is 0 Å². The van der Waals surface area contributed by atoms with Gasteiger partial charge in [-0.1, -0.05) is 37.6 Å². The summed E-state index contributed by atoms with van der Waals surface area (Å²) in [6, 6.07) is 11.3. The summed E-state index contributed by atoms with van der Waals surface area (Å²) >= 11 is 6.02. The molecular weight excluding hydrogens is 268 g/mol. The van der Waals surface area contributed by atoms with Crippen molar-refractivity contribution in [1.82, 2.24) is 4.98 Å². The van der Waals surface area contributed by atoms with Crippen LogP contribution in [-0.4, -0.2) is 17.6 Å². The minimum atomic E-state index is 0.476. The molecule has 0 saturated heterocycles. The van der Waals surface area contributed by atoms with E-state index in [0.29, 0.717) is 11.9 Å². The summed E-state index contributed by atoms with van der Waals surface area (Å²) in [4.78, 5) is 7.33. The molecule has 20 heavy (non-hydrogen) atoms. The van der Waals surface area contributed by atoms with Gasteiger partial charge in [0.25, 0.3) is 0 Å². The molecule has 1 fully saturated rings. The van der Waals surface area contributed by atoms with E-state index >= 15 is 0 Å². The SMILES string of the molecule is CCCCN(c1nc(CCl)cc2ccccc12)C1CC1. The quantitative estimate of drug-likeness (QED) is 0.714. The molecule has 3 heteroatoms. The number of benzene rings is 1. The molecule has 0 bridgehead atoms. The van der Waals surface area contributed by atoms with Gasteiger partial charge >= 0.3 is 0 Å². The normalized spacial score (nSPS) is 14.7. The molecular formula is C17H21ClN2. The molecule has 1 aliphatic rings. The van der Waals surface area contributed by atoms with Gasteiger partial charge in [0, 0.05) is 18.0 Å². The van der Waals surface area contributed by atoms with Crippen molar-refractivity contribution in [3.63, 3.8) is 0 Å². The average Bonchev–Trinajstić information content (AvgIpc) is 3.32. The lowest BCUT2D eigenvalue weighted by Crippen LogP contribution is -2.28. The van der Waals surface area contributed by atoms with Crippen LogP contribution in [-0.2, 0) is 5.88 Å². The molecule has 2 aromatic rings. The number of rotatable bonds is 6. The van der Waals surface area contributed by atoms with Crippen LogP contribution in [0, 0.1) is 0 Å². The lowest BCUT2D eigenvalue weighted by atomic mass is 10.1. The molecule has 1 aliphatic carbocycles. The molecule has 3 rings (SSSR count). The molecule has 0 aliphatic heterocycles. The molecule has 1 aromatic heterocycles. The molecule has 0 atom stereocenters. The van der Waals surface area contributed by atoms with Gasteiger partial charge in [-0.15, -0.1) is 11.6 Å². The fourth-order valence-corrected chi connectivity index (χ4v) is 2.83. The number of nitrogens with zero attached hydrogens (tertiary/aromatic N) is 2. The number of halogens is 1. The fraction of sp³-hybridized carbons (Fsp3) is 0.471. The number of unbranched alkanes of at least 4 members (excludes halogenated alkanes) is 1. The van der Waals surface area contributed by atoms with Crippen LogP contribution >= 0.6 is 11.6 Å². The Bertz CT molecular complexity index is 593. The highest BCUT2D eigenvalue weighted by molar-refractivity contribution is 6.17. The topological polar surface area (TPSA) is 16.1 Å². The molecule has 106 valence electrons. The van der Waals surface area contributed by atoms with E-state index in [-0.39, 0.29) is 0 Å². The lowest BCUT2D eigenvalue weighted by molar-refractivity contribution is 0.706. The first kappa shape index (κ1) is 13.7. The third-order valence-electron chi connectivity index (χ3n) is 3.92. The van der Waals surface area contributed by atoms with Crippen LogP contribution in [0.2, 0.25) is 0 Å². The van der Waals surface area contributed by atoms with Gasteiger partial charge in [-0.05, 0) is 30.7 Å². The van der Waals surface area contributed by atoms with Crippen LogP contribution in [0.15, 0.2) is 30.3 Å². The number of pyridine rings is 1. The minimum Gasteiger partial charge on any atom is -0.353 e. The molecule has 1 heterocycles. The average molecular weight is 289 g/mol. The van der Waals surface area contributed by atoms with Crippen molar-refractivity contribution in [1.29, 1.82) is 0 Å². The number of hydrogen-bond donors (Lipinski definition) is 0. The van der Waals surface area contributed by atoms with Crippen LogP contribution in [0.3, 0.4) is 0 Å². The van der Waals surface area contributed by atoms with Crippen molar-refractivity contribution < 1.29 is 0 Å². The molecule has 1 saturated carbocycles. The summed E-state index contributed by atoms with van der Waals surface area (Å²) in [5, 5.41) is 2.50. The number of fused-ring (bicyclic) bond motifs is 1. The number of hydrogen-bond acceptors (Lipinski definition) is 2. The van der Waals surface area contributed by atoms with Crippen LogP contribution in [0.5, 0.6) is 0 Å². The Morgan fingerprint density at radius 1 is 1.30 bits per heavy atom. The summed E-state index contributed by atoms with van der Waals surface area (Å²) in [6.45, 7) is 3.34. The summed E-state index contributed by atoms with van der Waals surface area (Å²) in [6.07, 6.45) is 5.03. The van der Waals surface area contributed by atoms with Crippen LogP contribution in [0.25, 0.3) is 10.8 Å². The van der Waals surface area contributed by atoms with E-state index in [0.717, 1.165) is 18.1 Å². The minimum absolute atomic E-state index is 0.476. The maximum Gasteiger partial charge on any atom is 0.137 e. The summed E-state index contributed by atoms with van der Waals surface area (Å²) in [7, 11) is 0. The first-order chi connectivity index (χ1) is 9.83. The first-order valence-electron chi connectivity index (χ1n) is 7.54. The van der Waals surface area contributed by atoms with E-state index in [4.69, 9.17) is 16.6 Å². The molecule has 0 amide bonds. The highest BCUT2D eigenvalue weighted by Crippen LogP contribution is 2.35. The second-order valence-corrected chi connectivity index (χ2v) is 5.84. The molecule has 1 aromatic carbocycles. The first-order valence-corrected chi connectivity index (χ1v) is 8.08. The van der Waals surface area contributed by atoms with E-state index in [1.54, 1.807) is 0 Å². The lowest BCUT2D eigenvalue weighted by Gasteiger charge is -2.25. The molecule has 0 radical (unpaired) electrons. The van der Waals surface area contributed by atoms with E-state index in [1.807, 2.05) is 0 Å². The monoisotopic (exact) mass is 288 g/mol. The maximum absolute atomic E-state index is 6.02. The Hall–Kier alpha value is -1.28. The van der Waals surface area contributed by atoms with Gasteiger partial charge in [-0.2, -0.15) is 0 Å². The zero-order chi connectivity index (χ0) is 13.9. The maximum atomic E-state index is 6.02. The van der Waals surface area contributed by atoms with Crippen molar-refractivity contribution in [2.45, 2.75) is 44.5 Å². The largest absolute Gasteiger partial charge is 0.353 e. The summed E-state index contributed by atoms with van der Waals surface area (Å²) < 4.78 is 0. The Morgan fingerprint density at radius 2 is 2.10 bits per heavy atom. The van der Waals surface area contributed by atoms with Crippen LogP contribution in [0.1, 0.15) is 38.3 Å². The highest BCUT2D eigenvalue weighted by atomic mass is 35.5. The van der Waals surface area contributed by atoms with Gasteiger partial charge in [0.15, 0.2) is 0 Å². The van der Waals surface area contributed by atoms with Gasteiger partial charge in [0.2, 0.25) is 0 Å². The Labute approximate surface area is 125 Å². The van der Waals surface area contributed by atoms with Crippen molar-refractivity contribution in [2.24, 2.45) is 0 Å². The van der Waals surface area contributed by atoms with Gasteiger partial charge in [-0.3, -0.25) is 0 Å². The summed E-state index contributed by atoms with van der Waals surface area (Å²) in [5.74, 6) is 1.61. The third-order valence-corrected chi connectivity index (χ3v) is 4.20. The van der Waals surface area contributed by atoms with Crippen molar-refractivity contribution >= 4 is 28.2 Å². The third kappa shape index (κ3) is 2.76. The van der Waals surface area contributed by atoms with Gasteiger partial charge in [0.1, 0.15) is 5.82 Å². The number of aromatic nitrogens is 1. The zero-order valence-corrected chi connectivity index (χ0v) is 12.7. The number of alkyl halides is 1. The standard InChI is InChI=1S/C17H21ClN2/c1-2-3-10-20(15-8-9-15)17-16-7-5-4-6-13(16)11-14(12-18)19-17/h4-7,11,15H,2-3,8-10,12H2,1H3. The second kappa shape index (κ2) is 6.01. The van der Waals surface area contributed by atoms with E-state index in [2.05, 4.69) is 42.2 Å². The van der Waals surface area contributed by atoms with Crippen molar-refractivity contribution in [2.75, 3.05) is 11.4 Å². The number of anilines is 1. The van der Waals surface area contributed by atoms with E-state index in [9.17, 15) is 0 Å². The van der Waals surface area contributed by atoms with Gasteiger partial charge in [-0.25, -0.2) is 4.98 Å². The van der Waals surface area contributed by atoms with Gasteiger partial charge in [0.05, 0.1) is 11.6 Å². The van der Waals surface area contributed by atoms with E-state index in [1.165, 1.54) is 36.5 Å². The zero-order valence-electron chi connectivity index (χ0n) is 12.0. The Balaban J connectivity index is 2.06. The molecule has 0 N–H and O–H groups in total. The Kier molecular flexibility index (Phi) is 4.11. The van der Waals surface area contributed by atoms with Crippen LogP contribution in [0.4, 0.5) is 5.82 Å².